The first-order valence-electron chi connectivity index (χ1n) is 7.82. The second-order valence-corrected chi connectivity index (χ2v) is 8.60. The lowest BCUT2D eigenvalue weighted by Crippen LogP contribution is -2.38. The Morgan fingerprint density at radius 2 is 2.17 bits per heavy atom. The smallest absolute Gasteiger partial charge is 0.272 e. The van der Waals surface area contributed by atoms with Gasteiger partial charge in [-0.05, 0) is 18.8 Å². The van der Waals surface area contributed by atoms with E-state index >= 15 is 0 Å². The van der Waals surface area contributed by atoms with Crippen molar-refractivity contribution in [3.05, 3.63) is 18.1 Å². The summed E-state index contributed by atoms with van der Waals surface area (Å²) in [5.74, 6) is 1.08. The van der Waals surface area contributed by atoms with Crippen LogP contribution in [0.2, 0.25) is 0 Å². The van der Waals surface area contributed by atoms with Gasteiger partial charge in [0.1, 0.15) is 17.8 Å². The van der Waals surface area contributed by atoms with Gasteiger partial charge in [-0.1, -0.05) is 13.8 Å². The minimum absolute atomic E-state index is 0.0276. The Bertz CT molecular complexity index is 660. The highest BCUT2D eigenvalue weighted by Crippen LogP contribution is 2.18. The van der Waals surface area contributed by atoms with Crippen LogP contribution >= 0.6 is 0 Å². The molecule has 0 radical (unpaired) electrons. The van der Waals surface area contributed by atoms with Crippen molar-refractivity contribution >= 4 is 21.6 Å². The fourth-order valence-corrected chi connectivity index (χ4v) is 4.26. The third-order valence-corrected chi connectivity index (χ3v) is 5.74. The molecule has 1 amide bonds. The molecule has 1 aliphatic rings. The normalized spacial score (nSPS) is 19.7. The van der Waals surface area contributed by atoms with Crippen LogP contribution < -0.4 is 5.32 Å². The van der Waals surface area contributed by atoms with Gasteiger partial charge in [-0.3, -0.25) is 4.79 Å². The lowest BCUT2D eigenvalue weighted by molar-refractivity contribution is 0.0741. The fraction of sp³-hybridized carbons (Fsp3) is 0.667. The van der Waals surface area contributed by atoms with E-state index < -0.39 is 9.84 Å². The van der Waals surface area contributed by atoms with Crippen LogP contribution in [0.5, 0.6) is 0 Å². The van der Waals surface area contributed by atoms with E-state index in [0.29, 0.717) is 18.2 Å². The second kappa shape index (κ2) is 7.25. The van der Waals surface area contributed by atoms with Crippen LogP contribution in [0.25, 0.3) is 0 Å². The van der Waals surface area contributed by atoms with Gasteiger partial charge >= 0.3 is 0 Å². The van der Waals surface area contributed by atoms with Gasteiger partial charge in [0.15, 0.2) is 9.84 Å². The molecule has 0 saturated carbocycles. The maximum absolute atomic E-state index is 12.5. The van der Waals surface area contributed by atoms with Gasteiger partial charge < -0.3 is 10.2 Å². The molecule has 128 valence electrons. The lowest BCUT2D eigenvalue weighted by Gasteiger charge is -2.23. The summed E-state index contributed by atoms with van der Waals surface area (Å²) in [7, 11) is -1.40. The van der Waals surface area contributed by atoms with Crippen LogP contribution in [0, 0.1) is 5.92 Å². The van der Waals surface area contributed by atoms with E-state index in [0.717, 1.165) is 13.0 Å². The Labute approximate surface area is 137 Å². The van der Waals surface area contributed by atoms with Gasteiger partial charge in [-0.2, -0.15) is 0 Å². The Balaban J connectivity index is 2.01. The van der Waals surface area contributed by atoms with Gasteiger partial charge in [-0.25, -0.2) is 18.4 Å². The average molecular weight is 340 g/mol. The Hall–Kier alpha value is -1.70. The van der Waals surface area contributed by atoms with E-state index in [1.165, 1.54) is 11.2 Å². The molecule has 1 aromatic heterocycles. The highest BCUT2D eigenvalue weighted by atomic mass is 32.2. The molecule has 1 fully saturated rings. The molecular formula is C15H24N4O3S. The number of rotatable bonds is 6. The van der Waals surface area contributed by atoms with Gasteiger partial charge in [0, 0.05) is 25.7 Å². The molecular weight excluding hydrogens is 316 g/mol. The highest BCUT2D eigenvalue weighted by molar-refractivity contribution is 7.91. The number of hydrogen-bond donors (Lipinski definition) is 1. The molecule has 1 N–H and O–H groups in total. The number of carbonyl (C=O) groups is 1. The summed E-state index contributed by atoms with van der Waals surface area (Å²) in [5.41, 5.74) is 0.277. The number of anilines is 1. The van der Waals surface area contributed by atoms with Gasteiger partial charge in [0.05, 0.1) is 11.5 Å². The summed E-state index contributed by atoms with van der Waals surface area (Å²) in [6.07, 6.45) is 2.84. The van der Waals surface area contributed by atoms with E-state index in [-0.39, 0.29) is 29.1 Å². The predicted octanol–water partition coefficient (Wildman–Crippen LogP) is 1.19. The van der Waals surface area contributed by atoms with Crippen LogP contribution in [-0.4, -0.2) is 60.3 Å². The molecule has 0 bridgehead atoms. The average Bonchev–Trinajstić information content (AvgIpc) is 2.86. The third kappa shape index (κ3) is 4.89. The maximum atomic E-state index is 12.5. The van der Waals surface area contributed by atoms with Crippen LogP contribution in [0.15, 0.2) is 12.4 Å². The third-order valence-electron chi connectivity index (χ3n) is 3.99. The standard InChI is InChI=1S/C15H24N4O3S/c1-11(2)4-6-16-14-8-13(17-10-18-14)15(20)19(3)12-5-7-23(21,22)9-12/h8,10-12H,4-7,9H2,1-3H3,(H,16,17,18). The summed E-state index contributed by atoms with van der Waals surface area (Å²) in [6, 6.07) is 1.34. The summed E-state index contributed by atoms with van der Waals surface area (Å²) in [5, 5.41) is 3.18. The molecule has 7 nitrogen and oxygen atoms in total. The number of hydrogen-bond acceptors (Lipinski definition) is 6. The molecule has 0 spiro atoms. The summed E-state index contributed by atoms with van der Waals surface area (Å²) < 4.78 is 23.1. The maximum Gasteiger partial charge on any atom is 0.272 e. The first kappa shape index (κ1) is 17.7. The molecule has 1 saturated heterocycles. The second-order valence-electron chi connectivity index (χ2n) is 6.37. The molecule has 2 heterocycles. The molecule has 0 aromatic carbocycles. The zero-order valence-corrected chi connectivity index (χ0v) is 14.6. The molecule has 1 atom stereocenters. The highest BCUT2D eigenvalue weighted by Gasteiger charge is 2.33. The van der Waals surface area contributed by atoms with Crippen LogP contribution in [0.3, 0.4) is 0 Å². The van der Waals surface area contributed by atoms with Crippen molar-refractivity contribution in [3.63, 3.8) is 0 Å². The van der Waals surface area contributed by atoms with Crippen molar-refractivity contribution in [2.75, 3.05) is 30.4 Å². The largest absolute Gasteiger partial charge is 0.370 e. The van der Waals surface area contributed by atoms with E-state index in [2.05, 4.69) is 29.1 Å². The predicted molar refractivity (Wildman–Crippen MR) is 89.1 cm³/mol. The van der Waals surface area contributed by atoms with Crippen molar-refractivity contribution in [2.24, 2.45) is 5.92 Å². The summed E-state index contributed by atoms with van der Waals surface area (Å²) in [4.78, 5) is 22.1. The van der Waals surface area contributed by atoms with Crippen molar-refractivity contribution in [1.82, 2.24) is 14.9 Å². The minimum Gasteiger partial charge on any atom is -0.370 e. The number of amides is 1. The Morgan fingerprint density at radius 3 is 2.78 bits per heavy atom. The van der Waals surface area contributed by atoms with Crippen molar-refractivity contribution in [1.29, 1.82) is 0 Å². The number of aromatic nitrogens is 2. The van der Waals surface area contributed by atoms with Gasteiger partial charge in [-0.15, -0.1) is 0 Å². The molecule has 1 unspecified atom stereocenters. The molecule has 2 rings (SSSR count). The minimum atomic E-state index is -3.02. The van der Waals surface area contributed by atoms with Crippen LogP contribution in [-0.2, 0) is 9.84 Å². The van der Waals surface area contributed by atoms with Crippen molar-refractivity contribution < 1.29 is 13.2 Å². The number of nitrogens with one attached hydrogen (secondary N) is 1. The van der Waals surface area contributed by atoms with Crippen molar-refractivity contribution in [2.45, 2.75) is 32.7 Å². The van der Waals surface area contributed by atoms with Crippen LogP contribution in [0.4, 0.5) is 5.82 Å². The first-order valence-corrected chi connectivity index (χ1v) is 9.64. The van der Waals surface area contributed by atoms with Gasteiger partial charge in [0.2, 0.25) is 0 Å². The summed E-state index contributed by atoms with van der Waals surface area (Å²) in [6.45, 7) is 5.06. The quantitative estimate of drug-likeness (QED) is 0.836. The lowest BCUT2D eigenvalue weighted by atomic mass is 10.1. The Morgan fingerprint density at radius 1 is 1.43 bits per heavy atom. The fourth-order valence-electron chi connectivity index (χ4n) is 2.49. The molecule has 8 heteroatoms. The van der Waals surface area contributed by atoms with E-state index in [9.17, 15) is 13.2 Å². The molecule has 0 aliphatic carbocycles. The number of sulfone groups is 1. The van der Waals surface area contributed by atoms with E-state index in [1.54, 1.807) is 13.1 Å². The monoisotopic (exact) mass is 340 g/mol. The molecule has 1 aliphatic heterocycles. The number of carbonyl (C=O) groups excluding carboxylic acids is 1. The topological polar surface area (TPSA) is 92.3 Å². The first-order chi connectivity index (χ1) is 10.8. The van der Waals surface area contributed by atoms with Crippen molar-refractivity contribution in [3.8, 4) is 0 Å². The Kier molecular flexibility index (Phi) is 5.56. The number of nitrogens with zero attached hydrogens (tertiary/aromatic N) is 3. The zero-order chi connectivity index (χ0) is 17.0. The zero-order valence-electron chi connectivity index (χ0n) is 13.8. The summed E-state index contributed by atoms with van der Waals surface area (Å²) >= 11 is 0. The molecule has 1 aromatic rings. The van der Waals surface area contributed by atoms with Gasteiger partial charge in [0.25, 0.3) is 5.91 Å². The SMILES string of the molecule is CC(C)CCNc1cc(C(=O)N(C)C2CCS(=O)(=O)C2)ncn1. The van der Waals surface area contributed by atoms with E-state index in [1.807, 2.05) is 0 Å². The van der Waals surface area contributed by atoms with Crippen LogP contribution in [0.1, 0.15) is 37.2 Å². The molecule has 23 heavy (non-hydrogen) atoms. The van der Waals surface area contributed by atoms with E-state index in [4.69, 9.17) is 0 Å².